The van der Waals surface area contributed by atoms with Crippen molar-refractivity contribution < 1.29 is 5.11 Å². The lowest BCUT2D eigenvalue weighted by molar-refractivity contribution is 0.121. The molecule has 1 N–H and O–H groups in total. The van der Waals surface area contributed by atoms with Gasteiger partial charge in [-0.1, -0.05) is 103 Å². The molecule has 0 spiro atoms. The first-order valence-electron chi connectivity index (χ1n) is 11.5. The summed E-state index contributed by atoms with van der Waals surface area (Å²) in [5.41, 5.74) is 0. The number of aromatic nitrogens is 2. The quantitative estimate of drug-likeness (QED) is 0.280. The van der Waals surface area contributed by atoms with Crippen LogP contribution in [-0.2, 0) is 6.42 Å². The molecule has 0 radical (unpaired) electrons. The highest BCUT2D eigenvalue weighted by Gasteiger charge is 2.06. The molecule has 0 fully saturated rings. The summed E-state index contributed by atoms with van der Waals surface area (Å²) < 4.78 is 1.87. The Morgan fingerprint density at radius 1 is 0.769 bits per heavy atom. The maximum Gasteiger partial charge on any atom is 0.129 e. The van der Waals surface area contributed by atoms with Crippen molar-refractivity contribution in [1.29, 1.82) is 0 Å². The third-order valence-electron chi connectivity index (χ3n) is 5.41. The summed E-state index contributed by atoms with van der Waals surface area (Å²) in [4.78, 5) is 4.35. The Kier molecular flexibility index (Phi) is 14.6. The van der Waals surface area contributed by atoms with E-state index in [0.29, 0.717) is 0 Å². The molecule has 1 atom stereocenters. The first-order chi connectivity index (χ1) is 12.8. The van der Waals surface area contributed by atoms with Crippen LogP contribution >= 0.6 is 0 Å². The number of aliphatic hydroxyl groups excluding tert-OH is 1. The lowest BCUT2D eigenvalue weighted by Gasteiger charge is -2.10. The van der Waals surface area contributed by atoms with Crippen molar-refractivity contribution in [3.63, 3.8) is 0 Å². The van der Waals surface area contributed by atoms with Gasteiger partial charge in [-0.3, -0.25) is 0 Å². The van der Waals surface area contributed by atoms with Crippen molar-refractivity contribution in [3.8, 4) is 0 Å². The fourth-order valence-electron chi connectivity index (χ4n) is 3.71. The number of rotatable bonds is 18. The van der Waals surface area contributed by atoms with Gasteiger partial charge in [-0.25, -0.2) is 4.98 Å². The number of imidazole rings is 1. The Labute approximate surface area is 162 Å². The molecule has 26 heavy (non-hydrogen) atoms. The maximum atomic E-state index is 9.65. The summed E-state index contributed by atoms with van der Waals surface area (Å²) in [6.07, 6.45) is 26.5. The molecule has 1 heterocycles. The van der Waals surface area contributed by atoms with Crippen LogP contribution < -0.4 is 0 Å². The van der Waals surface area contributed by atoms with Gasteiger partial charge < -0.3 is 9.67 Å². The standard InChI is InChI=1S/C23H44N2O/c1-3-4-5-6-7-8-9-10-11-12-13-14-15-16-17-18-19-23-24-20-21-25(23)22(2)26/h20-22,26H,3-19H2,1-2H3. The van der Waals surface area contributed by atoms with Crippen LogP contribution in [0, 0.1) is 0 Å². The lowest BCUT2D eigenvalue weighted by Crippen LogP contribution is -2.07. The van der Waals surface area contributed by atoms with Crippen molar-refractivity contribution in [1.82, 2.24) is 9.55 Å². The van der Waals surface area contributed by atoms with Gasteiger partial charge in [0.05, 0.1) is 0 Å². The van der Waals surface area contributed by atoms with Gasteiger partial charge in [0.25, 0.3) is 0 Å². The zero-order valence-corrected chi connectivity index (χ0v) is 17.6. The third kappa shape index (κ3) is 11.7. The summed E-state index contributed by atoms with van der Waals surface area (Å²) in [6, 6.07) is 0. The van der Waals surface area contributed by atoms with Crippen molar-refractivity contribution in [2.45, 2.75) is 129 Å². The number of hydrogen-bond donors (Lipinski definition) is 1. The van der Waals surface area contributed by atoms with Crippen LogP contribution in [0.3, 0.4) is 0 Å². The van der Waals surface area contributed by atoms with Gasteiger partial charge in [0.15, 0.2) is 0 Å². The van der Waals surface area contributed by atoms with Gasteiger partial charge in [0.1, 0.15) is 12.1 Å². The van der Waals surface area contributed by atoms with Crippen molar-refractivity contribution in [3.05, 3.63) is 18.2 Å². The molecule has 152 valence electrons. The zero-order chi connectivity index (χ0) is 18.9. The first kappa shape index (κ1) is 23.2. The van der Waals surface area contributed by atoms with Gasteiger partial charge >= 0.3 is 0 Å². The average molecular weight is 365 g/mol. The Balaban J connectivity index is 1.79. The van der Waals surface area contributed by atoms with E-state index in [1.54, 1.807) is 13.1 Å². The predicted octanol–water partition coefficient (Wildman–Crippen LogP) is 7.20. The van der Waals surface area contributed by atoms with E-state index < -0.39 is 6.23 Å². The summed E-state index contributed by atoms with van der Waals surface area (Å²) in [5.74, 6) is 1.02. The topological polar surface area (TPSA) is 38.0 Å². The second-order valence-electron chi connectivity index (χ2n) is 7.94. The minimum atomic E-state index is -0.464. The van der Waals surface area contributed by atoms with Gasteiger partial charge in [-0.15, -0.1) is 0 Å². The molecule has 0 bridgehead atoms. The molecule has 0 amide bonds. The monoisotopic (exact) mass is 364 g/mol. The van der Waals surface area contributed by atoms with Gasteiger partial charge in [-0.2, -0.15) is 0 Å². The molecule has 0 aliphatic rings. The van der Waals surface area contributed by atoms with Crippen LogP contribution in [0.15, 0.2) is 12.4 Å². The molecule has 0 aromatic carbocycles. The number of unbranched alkanes of at least 4 members (excludes halogenated alkanes) is 15. The largest absolute Gasteiger partial charge is 0.374 e. The molecule has 0 aliphatic carbocycles. The normalized spacial score (nSPS) is 12.6. The SMILES string of the molecule is CCCCCCCCCCCCCCCCCCc1nccn1C(C)O. The van der Waals surface area contributed by atoms with Crippen LogP contribution in [-0.4, -0.2) is 14.7 Å². The highest BCUT2D eigenvalue weighted by atomic mass is 16.3. The molecule has 0 saturated carbocycles. The number of aliphatic hydroxyl groups is 1. The van der Waals surface area contributed by atoms with E-state index in [1.165, 1.54) is 103 Å². The van der Waals surface area contributed by atoms with Gasteiger partial charge in [0.2, 0.25) is 0 Å². The van der Waals surface area contributed by atoms with Crippen LogP contribution in [0.25, 0.3) is 0 Å². The second kappa shape index (κ2) is 16.4. The van der Waals surface area contributed by atoms with Crippen molar-refractivity contribution >= 4 is 0 Å². The minimum Gasteiger partial charge on any atom is -0.374 e. The van der Waals surface area contributed by atoms with E-state index in [2.05, 4.69) is 11.9 Å². The summed E-state index contributed by atoms with van der Waals surface area (Å²) in [5, 5.41) is 9.65. The van der Waals surface area contributed by atoms with E-state index in [-0.39, 0.29) is 0 Å². The summed E-state index contributed by atoms with van der Waals surface area (Å²) >= 11 is 0. The highest BCUT2D eigenvalue weighted by molar-refractivity contribution is 4.93. The Morgan fingerprint density at radius 3 is 1.62 bits per heavy atom. The Bertz CT molecular complexity index is 414. The van der Waals surface area contributed by atoms with Gasteiger partial charge in [0, 0.05) is 18.8 Å². The fraction of sp³-hybridized carbons (Fsp3) is 0.870. The Morgan fingerprint density at radius 2 is 1.19 bits per heavy atom. The number of hydrogen-bond acceptors (Lipinski definition) is 2. The fourth-order valence-corrected chi connectivity index (χ4v) is 3.71. The first-order valence-corrected chi connectivity index (χ1v) is 11.5. The summed E-state index contributed by atoms with van der Waals surface area (Å²) in [7, 11) is 0. The molecule has 1 unspecified atom stereocenters. The zero-order valence-electron chi connectivity index (χ0n) is 17.6. The molecule has 1 aromatic rings. The molecule has 3 nitrogen and oxygen atoms in total. The molecule has 0 saturated heterocycles. The van der Waals surface area contributed by atoms with Gasteiger partial charge in [-0.05, 0) is 13.3 Å². The van der Waals surface area contributed by atoms with Crippen molar-refractivity contribution in [2.24, 2.45) is 0 Å². The highest BCUT2D eigenvalue weighted by Crippen LogP contribution is 2.15. The Hall–Kier alpha value is -0.830. The maximum absolute atomic E-state index is 9.65. The van der Waals surface area contributed by atoms with E-state index >= 15 is 0 Å². The molecule has 1 aromatic heterocycles. The van der Waals surface area contributed by atoms with E-state index in [9.17, 15) is 5.11 Å². The molecule has 0 aliphatic heterocycles. The third-order valence-corrected chi connectivity index (χ3v) is 5.41. The average Bonchev–Trinajstić information content (AvgIpc) is 3.10. The number of aryl methyl sites for hydroxylation is 1. The van der Waals surface area contributed by atoms with Crippen LogP contribution in [0.5, 0.6) is 0 Å². The molecule has 1 rings (SSSR count). The smallest absolute Gasteiger partial charge is 0.129 e. The molecule has 3 heteroatoms. The predicted molar refractivity (Wildman–Crippen MR) is 112 cm³/mol. The molecular weight excluding hydrogens is 320 g/mol. The minimum absolute atomic E-state index is 0.464. The second-order valence-corrected chi connectivity index (χ2v) is 7.94. The van der Waals surface area contributed by atoms with Crippen molar-refractivity contribution in [2.75, 3.05) is 0 Å². The molecular formula is C23H44N2O. The van der Waals surface area contributed by atoms with Crippen LogP contribution in [0.4, 0.5) is 0 Å². The van der Waals surface area contributed by atoms with E-state index in [1.807, 2.05) is 10.8 Å². The summed E-state index contributed by atoms with van der Waals surface area (Å²) in [6.45, 7) is 4.08. The van der Waals surface area contributed by atoms with E-state index in [0.717, 1.165) is 12.2 Å². The van der Waals surface area contributed by atoms with E-state index in [4.69, 9.17) is 0 Å². The van der Waals surface area contributed by atoms with Crippen LogP contribution in [0.2, 0.25) is 0 Å². The number of nitrogens with zero attached hydrogens (tertiary/aromatic N) is 2. The lowest BCUT2D eigenvalue weighted by atomic mass is 10.0. The van der Waals surface area contributed by atoms with Crippen LogP contribution in [0.1, 0.15) is 129 Å².